The number of hydrogen-bond donors (Lipinski definition) is 2. The zero-order chi connectivity index (χ0) is 14.1. The number of anilines is 1. The fourth-order valence-electron chi connectivity index (χ4n) is 2.35. The van der Waals surface area contributed by atoms with Crippen LogP contribution in [-0.4, -0.2) is 25.2 Å². The predicted octanol–water partition coefficient (Wildman–Crippen LogP) is 3.05. The minimum Gasteiger partial charge on any atom is -0.397 e. The van der Waals surface area contributed by atoms with Crippen LogP contribution < -0.4 is 11.1 Å². The SMILES string of the molecule is Nc1c(C(=O)NCC2CCCO2)sc2cc(Cl)ccc12. The van der Waals surface area contributed by atoms with Crippen molar-refractivity contribution in [1.82, 2.24) is 5.32 Å². The summed E-state index contributed by atoms with van der Waals surface area (Å²) in [5.74, 6) is -0.143. The van der Waals surface area contributed by atoms with Crippen molar-refractivity contribution in [2.45, 2.75) is 18.9 Å². The summed E-state index contributed by atoms with van der Waals surface area (Å²) < 4.78 is 6.41. The average molecular weight is 311 g/mol. The number of halogens is 1. The molecular weight excluding hydrogens is 296 g/mol. The average Bonchev–Trinajstić information content (AvgIpc) is 3.04. The molecular formula is C14H15ClN2O2S. The Morgan fingerprint density at radius 2 is 2.40 bits per heavy atom. The number of rotatable bonds is 3. The van der Waals surface area contributed by atoms with Crippen LogP contribution in [0.15, 0.2) is 18.2 Å². The van der Waals surface area contributed by atoms with Gasteiger partial charge >= 0.3 is 0 Å². The first kappa shape index (κ1) is 13.7. The van der Waals surface area contributed by atoms with Gasteiger partial charge in [0.15, 0.2) is 0 Å². The van der Waals surface area contributed by atoms with E-state index in [1.54, 1.807) is 6.07 Å². The quantitative estimate of drug-likeness (QED) is 0.916. The first-order valence-corrected chi connectivity index (χ1v) is 7.72. The van der Waals surface area contributed by atoms with Gasteiger partial charge in [0.1, 0.15) is 4.88 Å². The molecule has 0 bridgehead atoms. The third-order valence-corrected chi connectivity index (χ3v) is 4.81. The van der Waals surface area contributed by atoms with Crippen molar-refractivity contribution >= 4 is 44.6 Å². The van der Waals surface area contributed by atoms with Crippen LogP contribution in [0.1, 0.15) is 22.5 Å². The number of fused-ring (bicyclic) bond motifs is 1. The largest absolute Gasteiger partial charge is 0.397 e. The number of nitrogens with two attached hydrogens (primary N) is 1. The highest BCUT2D eigenvalue weighted by atomic mass is 35.5. The van der Waals surface area contributed by atoms with Crippen molar-refractivity contribution in [3.63, 3.8) is 0 Å². The van der Waals surface area contributed by atoms with Crippen LogP contribution in [-0.2, 0) is 4.74 Å². The molecule has 20 heavy (non-hydrogen) atoms. The van der Waals surface area contributed by atoms with E-state index in [2.05, 4.69) is 5.32 Å². The Hall–Kier alpha value is -1.30. The fraction of sp³-hybridized carbons (Fsp3) is 0.357. The summed E-state index contributed by atoms with van der Waals surface area (Å²) in [7, 11) is 0. The van der Waals surface area contributed by atoms with E-state index in [9.17, 15) is 4.79 Å². The maximum Gasteiger partial charge on any atom is 0.263 e. The number of thiophene rings is 1. The Bertz CT molecular complexity index is 650. The summed E-state index contributed by atoms with van der Waals surface area (Å²) in [5, 5.41) is 4.41. The standard InChI is InChI=1S/C14H15ClN2O2S/c15-8-3-4-10-11(6-8)20-13(12(10)16)14(18)17-7-9-2-1-5-19-9/h3-4,6,9H,1-2,5,7,16H2,(H,17,18). The Labute approximate surface area is 125 Å². The van der Waals surface area contributed by atoms with Crippen molar-refractivity contribution < 1.29 is 9.53 Å². The highest BCUT2D eigenvalue weighted by molar-refractivity contribution is 7.21. The lowest BCUT2D eigenvalue weighted by molar-refractivity contribution is 0.0862. The van der Waals surface area contributed by atoms with Gasteiger partial charge in [-0.3, -0.25) is 4.79 Å². The minimum atomic E-state index is -0.143. The zero-order valence-corrected chi connectivity index (χ0v) is 12.4. The number of hydrogen-bond acceptors (Lipinski definition) is 4. The number of nitrogens with one attached hydrogen (secondary N) is 1. The molecule has 1 saturated heterocycles. The zero-order valence-electron chi connectivity index (χ0n) is 10.8. The second-order valence-corrected chi connectivity index (χ2v) is 6.32. The van der Waals surface area contributed by atoms with Crippen LogP contribution in [0.4, 0.5) is 5.69 Å². The van der Waals surface area contributed by atoms with Crippen LogP contribution in [0.3, 0.4) is 0 Å². The van der Waals surface area contributed by atoms with E-state index in [4.69, 9.17) is 22.1 Å². The highest BCUT2D eigenvalue weighted by Crippen LogP contribution is 2.35. The third kappa shape index (κ3) is 2.61. The van der Waals surface area contributed by atoms with Gasteiger partial charge in [0.2, 0.25) is 0 Å². The van der Waals surface area contributed by atoms with Gasteiger partial charge in [0.05, 0.1) is 11.8 Å². The lowest BCUT2D eigenvalue weighted by Crippen LogP contribution is -2.31. The second kappa shape index (κ2) is 5.60. The van der Waals surface area contributed by atoms with E-state index in [0.717, 1.165) is 29.5 Å². The monoisotopic (exact) mass is 310 g/mol. The van der Waals surface area contributed by atoms with Crippen molar-refractivity contribution in [2.75, 3.05) is 18.9 Å². The van der Waals surface area contributed by atoms with Crippen molar-refractivity contribution in [3.8, 4) is 0 Å². The summed E-state index contributed by atoms with van der Waals surface area (Å²) in [5.41, 5.74) is 6.57. The molecule has 1 aliphatic rings. The number of carbonyl (C=O) groups excluding carboxylic acids is 1. The molecule has 4 nitrogen and oxygen atoms in total. The molecule has 1 fully saturated rings. The first-order chi connectivity index (χ1) is 9.65. The van der Waals surface area contributed by atoms with Crippen LogP contribution in [0.25, 0.3) is 10.1 Å². The molecule has 3 N–H and O–H groups in total. The van der Waals surface area contributed by atoms with Crippen LogP contribution >= 0.6 is 22.9 Å². The van der Waals surface area contributed by atoms with Crippen molar-refractivity contribution in [1.29, 1.82) is 0 Å². The fourth-order valence-corrected chi connectivity index (χ4v) is 3.67. The molecule has 1 amide bonds. The molecule has 2 heterocycles. The van der Waals surface area contributed by atoms with Gasteiger partial charge in [-0.2, -0.15) is 0 Å². The van der Waals surface area contributed by atoms with Gasteiger partial charge in [-0.05, 0) is 31.0 Å². The molecule has 6 heteroatoms. The molecule has 1 aromatic heterocycles. The van der Waals surface area contributed by atoms with Crippen LogP contribution in [0, 0.1) is 0 Å². The van der Waals surface area contributed by atoms with Gasteiger partial charge < -0.3 is 15.8 Å². The number of benzene rings is 1. The Morgan fingerprint density at radius 3 is 3.15 bits per heavy atom. The summed E-state index contributed by atoms with van der Waals surface area (Å²) in [6, 6.07) is 5.45. The second-order valence-electron chi connectivity index (χ2n) is 4.83. The molecule has 1 aliphatic heterocycles. The third-order valence-electron chi connectivity index (χ3n) is 3.41. The number of carbonyl (C=O) groups is 1. The molecule has 0 radical (unpaired) electrons. The van der Waals surface area contributed by atoms with Gasteiger partial charge in [0, 0.05) is 28.3 Å². The van der Waals surface area contributed by atoms with Gasteiger partial charge in [0.25, 0.3) is 5.91 Å². The number of amides is 1. The molecule has 0 spiro atoms. The lowest BCUT2D eigenvalue weighted by Gasteiger charge is -2.10. The first-order valence-electron chi connectivity index (χ1n) is 6.52. The van der Waals surface area contributed by atoms with Crippen molar-refractivity contribution in [3.05, 3.63) is 28.1 Å². The van der Waals surface area contributed by atoms with E-state index < -0.39 is 0 Å². The number of nitrogen functional groups attached to an aromatic ring is 1. The highest BCUT2D eigenvalue weighted by Gasteiger charge is 2.20. The predicted molar refractivity (Wildman–Crippen MR) is 82.6 cm³/mol. The smallest absolute Gasteiger partial charge is 0.263 e. The lowest BCUT2D eigenvalue weighted by atomic mass is 10.2. The van der Waals surface area contributed by atoms with Crippen molar-refractivity contribution in [2.24, 2.45) is 0 Å². The molecule has 0 aliphatic carbocycles. The summed E-state index contributed by atoms with van der Waals surface area (Å²) in [4.78, 5) is 12.7. The molecule has 106 valence electrons. The van der Waals surface area contributed by atoms with Crippen LogP contribution in [0.2, 0.25) is 5.02 Å². The van der Waals surface area contributed by atoms with Gasteiger partial charge in [-0.1, -0.05) is 11.6 Å². The molecule has 1 unspecified atom stereocenters. The maximum atomic E-state index is 12.2. The van der Waals surface area contributed by atoms with E-state index >= 15 is 0 Å². The Kier molecular flexibility index (Phi) is 3.83. The molecule has 3 rings (SSSR count). The van der Waals surface area contributed by atoms with E-state index in [1.165, 1.54) is 11.3 Å². The summed E-state index contributed by atoms with van der Waals surface area (Å²) >= 11 is 7.32. The number of ether oxygens (including phenoxy) is 1. The maximum absolute atomic E-state index is 12.2. The van der Waals surface area contributed by atoms with Crippen LogP contribution in [0.5, 0.6) is 0 Å². The Balaban J connectivity index is 1.78. The molecule has 1 atom stereocenters. The minimum absolute atomic E-state index is 0.129. The van der Waals surface area contributed by atoms with Gasteiger partial charge in [-0.25, -0.2) is 0 Å². The molecule has 2 aromatic rings. The van der Waals surface area contributed by atoms with E-state index in [0.29, 0.717) is 22.1 Å². The topological polar surface area (TPSA) is 64.4 Å². The molecule has 0 saturated carbocycles. The summed E-state index contributed by atoms with van der Waals surface area (Å²) in [6.45, 7) is 1.32. The Morgan fingerprint density at radius 1 is 1.55 bits per heavy atom. The summed E-state index contributed by atoms with van der Waals surface area (Å²) in [6.07, 6.45) is 2.19. The van der Waals surface area contributed by atoms with E-state index in [-0.39, 0.29) is 12.0 Å². The molecule has 1 aromatic carbocycles. The normalized spacial score (nSPS) is 18.6. The van der Waals surface area contributed by atoms with Gasteiger partial charge in [-0.15, -0.1) is 11.3 Å². The van der Waals surface area contributed by atoms with E-state index in [1.807, 2.05) is 12.1 Å².